The summed E-state index contributed by atoms with van der Waals surface area (Å²) in [6.07, 6.45) is 5.52. The molecule has 0 amide bonds. The molecule has 1 aliphatic heterocycles. The Morgan fingerprint density at radius 1 is 1.50 bits per heavy atom. The minimum atomic E-state index is -0.690. The van der Waals surface area contributed by atoms with Crippen LogP contribution in [0.1, 0.15) is 50.4 Å². The summed E-state index contributed by atoms with van der Waals surface area (Å²) in [6, 6.07) is 2.57. The molecule has 1 aliphatic rings. The third-order valence-electron chi connectivity index (χ3n) is 4.20. The van der Waals surface area contributed by atoms with Crippen molar-refractivity contribution >= 4 is 5.97 Å². The number of likely N-dealkylation sites (tertiary alicyclic amines) is 1. The van der Waals surface area contributed by atoms with Gasteiger partial charge in [-0.1, -0.05) is 13.3 Å². The number of piperidine rings is 1. The maximum absolute atomic E-state index is 10.8. The third-order valence-corrected chi connectivity index (χ3v) is 4.20. The number of carboxylic acids is 1. The van der Waals surface area contributed by atoms with Gasteiger partial charge in [-0.05, 0) is 38.3 Å². The van der Waals surface area contributed by atoms with E-state index >= 15 is 0 Å². The normalized spacial score (nSPS) is 20.2. The highest BCUT2D eigenvalue weighted by Crippen LogP contribution is 2.23. The smallest absolute Gasteiger partial charge is 0.303 e. The molecule has 0 radical (unpaired) electrons. The van der Waals surface area contributed by atoms with Crippen LogP contribution in [0.4, 0.5) is 0 Å². The van der Waals surface area contributed by atoms with Crippen LogP contribution >= 0.6 is 0 Å². The first kappa shape index (κ1) is 15.0. The lowest BCUT2D eigenvalue weighted by Gasteiger charge is -2.35. The van der Waals surface area contributed by atoms with Crippen molar-refractivity contribution in [2.45, 2.75) is 58.0 Å². The molecule has 1 unspecified atom stereocenters. The Bertz CT molecular complexity index is 456. The van der Waals surface area contributed by atoms with Crippen LogP contribution in [0.15, 0.2) is 6.07 Å². The molecular weight excluding hydrogens is 254 g/mol. The molecule has 5 heteroatoms. The highest BCUT2D eigenvalue weighted by molar-refractivity contribution is 5.66. The van der Waals surface area contributed by atoms with E-state index in [0.717, 1.165) is 38.0 Å². The number of carbonyl (C=O) groups is 1. The summed E-state index contributed by atoms with van der Waals surface area (Å²) < 4.78 is 1.96. The van der Waals surface area contributed by atoms with Gasteiger partial charge in [-0.15, -0.1) is 0 Å². The molecular formula is C15H25N3O2. The first-order valence-corrected chi connectivity index (χ1v) is 7.57. The average Bonchev–Trinajstić information content (AvgIpc) is 2.78. The van der Waals surface area contributed by atoms with Gasteiger partial charge in [-0.3, -0.25) is 14.4 Å². The molecule has 2 rings (SSSR count). The van der Waals surface area contributed by atoms with Crippen molar-refractivity contribution in [1.82, 2.24) is 14.7 Å². The molecule has 20 heavy (non-hydrogen) atoms. The molecule has 1 N–H and O–H groups in total. The molecule has 5 nitrogen and oxygen atoms in total. The van der Waals surface area contributed by atoms with E-state index in [-0.39, 0.29) is 6.42 Å². The number of nitrogens with zero attached hydrogens (tertiary/aromatic N) is 3. The molecule has 112 valence electrons. The van der Waals surface area contributed by atoms with E-state index in [1.807, 2.05) is 11.7 Å². The van der Waals surface area contributed by atoms with Crippen molar-refractivity contribution in [2.75, 3.05) is 6.54 Å². The topological polar surface area (TPSA) is 58.4 Å². The van der Waals surface area contributed by atoms with Gasteiger partial charge >= 0.3 is 5.97 Å². The lowest BCUT2D eigenvalue weighted by molar-refractivity contribution is -0.137. The van der Waals surface area contributed by atoms with Crippen LogP contribution in [0.25, 0.3) is 0 Å². The van der Waals surface area contributed by atoms with Gasteiger partial charge in [0, 0.05) is 26.1 Å². The van der Waals surface area contributed by atoms with Gasteiger partial charge in [-0.25, -0.2) is 0 Å². The first-order valence-electron chi connectivity index (χ1n) is 7.57. The van der Waals surface area contributed by atoms with Crippen molar-refractivity contribution in [2.24, 2.45) is 7.05 Å². The lowest BCUT2D eigenvalue weighted by Crippen LogP contribution is -2.39. The highest BCUT2D eigenvalue weighted by Gasteiger charge is 2.23. The van der Waals surface area contributed by atoms with Crippen LogP contribution in [0.5, 0.6) is 0 Å². The highest BCUT2D eigenvalue weighted by atomic mass is 16.4. The molecule has 1 saturated heterocycles. The van der Waals surface area contributed by atoms with Gasteiger partial charge in [0.25, 0.3) is 0 Å². The van der Waals surface area contributed by atoms with E-state index in [1.54, 1.807) is 0 Å². The van der Waals surface area contributed by atoms with E-state index in [0.29, 0.717) is 6.04 Å². The summed E-state index contributed by atoms with van der Waals surface area (Å²) in [7, 11) is 1.99. The molecule has 1 aromatic rings. The quantitative estimate of drug-likeness (QED) is 0.867. The van der Waals surface area contributed by atoms with Gasteiger partial charge in [0.1, 0.15) is 0 Å². The van der Waals surface area contributed by atoms with Crippen molar-refractivity contribution in [1.29, 1.82) is 0 Å². The van der Waals surface area contributed by atoms with Gasteiger partial charge < -0.3 is 5.11 Å². The van der Waals surface area contributed by atoms with E-state index in [9.17, 15) is 4.79 Å². The number of aliphatic carboxylic acids is 1. The van der Waals surface area contributed by atoms with E-state index in [4.69, 9.17) is 5.11 Å². The third kappa shape index (κ3) is 3.82. The molecule has 1 aromatic heterocycles. The Morgan fingerprint density at radius 2 is 2.30 bits per heavy atom. The van der Waals surface area contributed by atoms with Gasteiger partial charge in [0.05, 0.1) is 11.4 Å². The fourth-order valence-corrected chi connectivity index (χ4v) is 2.99. The Hall–Kier alpha value is -1.36. The van der Waals surface area contributed by atoms with Crippen molar-refractivity contribution in [3.05, 3.63) is 17.5 Å². The number of aryl methyl sites for hydroxylation is 2. The van der Waals surface area contributed by atoms with Crippen molar-refractivity contribution in [3.63, 3.8) is 0 Å². The van der Waals surface area contributed by atoms with Crippen LogP contribution in [-0.4, -0.2) is 38.3 Å². The zero-order valence-corrected chi connectivity index (χ0v) is 12.5. The Morgan fingerprint density at radius 3 is 2.95 bits per heavy atom. The van der Waals surface area contributed by atoms with E-state index in [1.165, 1.54) is 18.5 Å². The number of rotatable bonds is 6. The molecule has 2 heterocycles. The Labute approximate surface area is 120 Å². The number of carboxylic acid groups (broad SMARTS) is 1. The second-order valence-corrected chi connectivity index (χ2v) is 5.66. The minimum Gasteiger partial charge on any atom is -0.481 e. The van der Waals surface area contributed by atoms with E-state index < -0.39 is 5.97 Å². The summed E-state index contributed by atoms with van der Waals surface area (Å²) in [6.45, 7) is 4.06. The predicted octanol–water partition coefficient (Wildman–Crippen LogP) is 2.20. The standard InChI is InChI=1S/C15H25N3O2/c1-3-12-10-14(17(2)16-12)11-18-9-5-4-6-13(18)7-8-15(19)20/h10,13H,3-9,11H2,1-2H3,(H,19,20). The Kier molecular flexibility index (Phi) is 5.17. The first-order chi connectivity index (χ1) is 9.60. The van der Waals surface area contributed by atoms with Crippen LogP contribution < -0.4 is 0 Å². The lowest BCUT2D eigenvalue weighted by atomic mass is 9.97. The SMILES string of the molecule is CCc1cc(CN2CCCCC2CCC(=O)O)n(C)n1. The van der Waals surface area contributed by atoms with Crippen molar-refractivity contribution in [3.8, 4) is 0 Å². The second kappa shape index (κ2) is 6.88. The summed E-state index contributed by atoms with van der Waals surface area (Å²) >= 11 is 0. The minimum absolute atomic E-state index is 0.271. The van der Waals surface area contributed by atoms with Crippen LogP contribution in [-0.2, 0) is 24.8 Å². The maximum atomic E-state index is 10.8. The fraction of sp³-hybridized carbons (Fsp3) is 0.733. The van der Waals surface area contributed by atoms with Crippen LogP contribution in [0, 0.1) is 0 Å². The largest absolute Gasteiger partial charge is 0.481 e. The predicted molar refractivity (Wildman–Crippen MR) is 77.5 cm³/mol. The average molecular weight is 279 g/mol. The molecule has 0 bridgehead atoms. The summed E-state index contributed by atoms with van der Waals surface area (Å²) in [5.74, 6) is -0.690. The number of hydrogen-bond acceptors (Lipinski definition) is 3. The van der Waals surface area contributed by atoms with Crippen LogP contribution in [0.3, 0.4) is 0 Å². The number of hydrogen-bond donors (Lipinski definition) is 1. The fourth-order valence-electron chi connectivity index (χ4n) is 2.99. The monoisotopic (exact) mass is 279 g/mol. The van der Waals surface area contributed by atoms with Gasteiger partial charge in [-0.2, -0.15) is 5.10 Å². The summed E-state index contributed by atoms with van der Waals surface area (Å²) in [5.41, 5.74) is 2.35. The Balaban J connectivity index is 2.00. The zero-order chi connectivity index (χ0) is 14.5. The molecule has 0 aliphatic carbocycles. The molecule has 0 spiro atoms. The summed E-state index contributed by atoms with van der Waals surface area (Å²) in [4.78, 5) is 13.2. The maximum Gasteiger partial charge on any atom is 0.303 e. The molecule has 0 aromatic carbocycles. The zero-order valence-electron chi connectivity index (χ0n) is 12.5. The molecule has 0 saturated carbocycles. The van der Waals surface area contributed by atoms with Gasteiger partial charge in [0.15, 0.2) is 0 Å². The van der Waals surface area contributed by atoms with E-state index in [2.05, 4.69) is 23.0 Å². The molecule has 1 fully saturated rings. The van der Waals surface area contributed by atoms with Crippen LogP contribution in [0.2, 0.25) is 0 Å². The number of aromatic nitrogens is 2. The summed E-state index contributed by atoms with van der Waals surface area (Å²) in [5, 5.41) is 13.4. The van der Waals surface area contributed by atoms with Crippen molar-refractivity contribution < 1.29 is 9.90 Å². The second-order valence-electron chi connectivity index (χ2n) is 5.66. The van der Waals surface area contributed by atoms with Gasteiger partial charge in [0.2, 0.25) is 0 Å². The molecule has 1 atom stereocenters.